The second-order valence-corrected chi connectivity index (χ2v) is 6.18. The zero-order valence-corrected chi connectivity index (χ0v) is 13.8. The summed E-state index contributed by atoms with van der Waals surface area (Å²) in [5.74, 6) is -0.666. The highest BCUT2D eigenvalue weighted by Gasteiger charge is 2.35. The number of rotatable bonds is 3. The molecule has 0 N–H and O–H groups in total. The molecule has 1 aliphatic heterocycles. The van der Waals surface area contributed by atoms with E-state index in [9.17, 15) is 22.8 Å². The molecule has 130 valence electrons. The molecule has 0 atom stereocenters. The summed E-state index contributed by atoms with van der Waals surface area (Å²) >= 11 is 0. The average molecular weight is 347 g/mol. The van der Waals surface area contributed by atoms with E-state index in [1.54, 1.807) is 17.0 Å². The predicted octanol–water partition coefficient (Wildman–Crippen LogP) is 4.63. The molecule has 0 radical (unpaired) electrons. The second-order valence-electron chi connectivity index (χ2n) is 6.18. The van der Waals surface area contributed by atoms with Crippen LogP contribution in [0.15, 0.2) is 36.4 Å². The van der Waals surface area contributed by atoms with E-state index in [0.717, 1.165) is 24.1 Å². The molecule has 3 nitrogen and oxygen atoms in total. The van der Waals surface area contributed by atoms with Gasteiger partial charge in [-0.15, -0.1) is 0 Å². The number of hydrogen-bond acceptors (Lipinski definition) is 3. The number of alkyl halides is 3. The Balaban J connectivity index is 1.96. The molecule has 0 bridgehead atoms. The first-order chi connectivity index (χ1) is 11.7. The molecule has 2 aromatic rings. The smallest absolute Gasteiger partial charge is 0.363 e. The van der Waals surface area contributed by atoms with Crippen LogP contribution in [0.1, 0.15) is 51.3 Å². The lowest BCUT2D eigenvalue weighted by Gasteiger charge is -2.20. The number of carbonyl (C=O) groups is 2. The minimum absolute atomic E-state index is 0.0496. The van der Waals surface area contributed by atoms with Crippen molar-refractivity contribution in [2.24, 2.45) is 0 Å². The Bertz CT molecular complexity index is 871. The SMILES string of the molecule is CC(=O)c1ccc2c(c1)CN(c1ccc(C(C)=O)c(C(F)(F)F)c1)C2. The van der Waals surface area contributed by atoms with Gasteiger partial charge in [-0.25, -0.2) is 0 Å². The van der Waals surface area contributed by atoms with Gasteiger partial charge in [0.2, 0.25) is 0 Å². The fourth-order valence-electron chi connectivity index (χ4n) is 3.07. The number of Topliss-reactive ketones (excluding diaryl/α,β-unsaturated/α-hetero) is 2. The van der Waals surface area contributed by atoms with Crippen LogP contribution in [-0.4, -0.2) is 11.6 Å². The van der Waals surface area contributed by atoms with Crippen LogP contribution < -0.4 is 4.90 Å². The number of anilines is 1. The van der Waals surface area contributed by atoms with Gasteiger partial charge in [0.1, 0.15) is 0 Å². The summed E-state index contributed by atoms with van der Waals surface area (Å²) in [5.41, 5.74) is 1.65. The van der Waals surface area contributed by atoms with Gasteiger partial charge in [-0.3, -0.25) is 9.59 Å². The molecule has 0 fully saturated rings. The molecule has 0 spiro atoms. The summed E-state index contributed by atoms with van der Waals surface area (Å²) < 4.78 is 39.8. The first kappa shape index (κ1) is 17.2. The van der Waals surface area contributed by atoms with E-state index in [2.05, 4.69) is 0 Å². The summed E-state index contributed by atoms with van der Waals surface area (Å²) in [5, 5.41) is 0. The second kappa shape index (κ2) is 6.02. The minimum Gasteiger partial charge on any atom is -0.363 e. The topological polar surface area (TPSA) is 37.4 Å². The lowest BCUT2D eigenvalue weighted by Crippen LogP contribution is -2.17. The zero-order valence-electron chi connectivity index (χ0n) is 13.8. The molecule has 0 amide bonds. The van der Waals surface area contributed by atoms with Crippen LogP contribution in [0.2, 0.25) is 0 Å². The summed E-state index contributed by atoms with van der Waals surface area (Å²) in [4.78, 5) is 24.8. The molecule has 0 unspecified atom stereocenters. The maximum Gasteiger partial charge on any atom is 0.417 e. The van der Waals surface area contributed by atoms with Crippen molar-refractivity contribution < 1.29 is 22.8 Å². The first-order valence-corrected chi connectivity index (χ1v) is 7.76. The van der Waals surface area contributed by atoms with Crippen LogP contribution in [0.25, 0.3) is 0 Å². The van der Waals surface area contributed by atoms with Gasteiger partial charge in [-0.1, -0.05) is 12.1 Å². The fourth-order valence-corrected chi connectivity index (χ4v) is 3.07. The van der Waals surface area contributed by atoms with Crippen molar-refractivity contribution in [2.75, 3.05) is 4.90 Å². The molecular weight excluding hydrogens is 331 g/mol. The Hall–Kier alpha value is -2.63. The van der Waals surface area contributed by atoms with Crippen molar-refractivity contribution in [1.29, 1.82) is 0 Å². The third-order valence-electron chi connectivity index (χ3n) is 4.39. The van der Waals surface area contributed by atoms with Crippen LogP contribution >= 0.6 is 0 Å². The maximum atomic E-state index is 13.3. The van der Waals surface area contributed by atoms with E-state index < -0.39 is 17.5 Å². The Morgan fingerprint density at radius 2 is 1.60 bits per heavy atom. The van der Waals surface area contributed by atoms with Crippen molar-refractivity contribution in [1.82, 2.24) is 0 Å². The first-order valence-electron chi connectivity index (χ1n) is 7.76. The van der Waals surface area contributed by atoms with E-state index in [1.165, 1.54) is 19.1 Å². The standard InChI is InChI=1S/C19H16F3NO2/c1-11(24)13-3-4-14-9-23(10-15(14)7-13)16-5-6-17(12(2)25)18(8-16)19(20,21)22/h3-8H,9-10H2,1-2H3. The van der Waals surface area contributed by atoms with Crippen molar-refractivity contribution in [3.8, 4) is 0 Å². The number of benzene rings is 2. The van der Waals surface area contributed by atoms with Crippen molar-refractivity contribution in [3.05, 3.63) is 64.2 Å². The van der Waals surface area contributed by atoms with E-state index in [4.69, 9.17) is 0 Å². The van der Waals surface area contributed by atoms with Crippen molar-refractivity contribution in [2.45, 2.75) is 33.1 Å². The molecule has 1 heterocycles. The molecule has 0 aliphatic carbocycles. The predicted molar refractivity (Wildman–Crippen MR) is 87.8 cm³/mol. The Morgan fingerprint density at radius 1 is 0.920 bits per heavy atom. The number of carbonyl (C=O) groups excluding carboxylic acids is 2. The van der Waals surface area contributed by atoms with Gasteiger partial charge < -0.3 is 4.90 Å². The lowest BCUT2D eigenvalue weighted by molar-refractivity contribution is -0.137. The molecule has 6 heteroatoms. The molecule has 0 aromatic heterocycles. The molecule has 2 aromatic carbocycles. The molecule has 25 heavy (non-hydrogen) atoms. The summed E-state index contributed by atoms with van der Waals surface area (Å²) in [6, 6.07) is 9.13. The Labute approximate surface area is 143 Å². The maximum absolute atomic E-state index is 13.3. The van der Waals surface area contributed by atoms with Crippen LogP contribution in [0.4, 0.5) is 18.9 Å². The van der Waals surface area contributed by atoms with E-state index >= 15 is 0 Å². The van der Waals surface area contributed by atoms with Crippen molar-refractivity contribution >= 4 is 17.3 Å². The van der Waals surface area contributed by atoms with Crippen LogP contribution in [-0.2, 0) is 19.3 Å². The summed E-state index contributed by atoms with van der Waals surface area (Å²) in [6.07, 6.45) is -4.59. The quantitative estimate of drug-likeness (QED) is 0.760. The highest BCUT2D eigenvalue weighted by molar-refractivity contribution is 5.96. The number of halogens is 3. The molecule has 0 saturated heterocycles. The minimum atomic E-state index is -4.59. The lowest BCUT2D eigenvalue weighted by atomic mass is 10.0. The molecular formula is C19H16F3NO2. The van der Waals surface area contributed by atoms with E-state index in [0.29, 0.717) is 24.3 Å². The Kier molecular flexibility index (Phi) is 4.14. The van der Waals surface area contributed by atoms with Crippen LogP contribution in [0.3, 0.4) is 0 Å². The zero-order chi connectivity index (χ0) is 18.4. The number of nitrogens with zero attached hydrogens (tertiary/aromatic N) is 1. The number of hydrogen-bond donors (Lipinski definition) is 0. The largest absolute Gasteiger partial charge is 0.417 e. The molecule has 1 aliphatic rings. The number of ketones is 2. The average Bonchev–Trinajstić information content (AvgIpc) is 2.96. The van der Waals surface area contributed by atoms with Gasteiger partial charge in [0, 0.05) is 29.9 Å². The summed E-state index contributed by atoms with van der Waals surface area (Å²) in [7, 11) is 0. The van der Waals surface area contributed by atoms with Gasteiger partial charge in [-0.2, -0.15) is 13.2 Å². The highest BCUT2D eigenvalue weighted by atomic mass is 19.4. The van der Waals surface area contributed by atoms with Crippen LogP contribution in [0.5, 0.6) is 0 Å². The molecule has 3 rings (SSSR count). The third-order valence-corrected chi connectivity index (χ3v) is 4.39. The van der Waals surface area contributed by atoms with Gasteiger partial charge >= 0.3 is 6.18 Å². The monoisotopic (exact) mass is 347 g/mol. The normalized spacial score (nSPS) is 13.7. The third kappa shape index (κ3) is 3.29. The Morgan fingerprint density at radius 3 is 2.20 bits per heavy atom. The molecule has 0 saturated carbocycles. The number of fused-ring (bicyclic) bond motifs is 1. The van der Waals surface area contributed by atoms with Gasteiger partial charge in [0.05, 0.1) is 5.56 Å². The summed E-state index contributed by atoms with van der Waals surface area (Å²) in [6.45, 7) is 3.49. The van der Waals surface area contributed by atoms with E-state index in [1.807, 2.05) is 6.07 Å². The van der Waals surface area contributed by atoms with Crippen LogP contribution in [0, 0.1) is 0 Å². The van der Waals surface area contributed by atoms with Gasteiger partial charge in [-0.05, 0) is 49.2 Å². The highest BCUT2D eigenvalue weighted by Crippen LogP contribution is 2.37. The van der Waals surface area contributed by atoms with Gasteiger partial charge in [0.15, 0.2) is 11.6 Å². The van der Waals surface area contributed by atoms with Crippen molar-refractivity contribution in [3.63, 3.8) is 0 Å². The van der Waals surface area contributed by atoms with E-state index in [-0.39, 0.29) is 11.3 Å². The van der Waals surface area contributed by atoms with Gasteiger partial charge in [0.25, 0.3) is 0 Å². The fraction of sp³-hybridized carbons (Fsp3) is 0.263.